The minimum atomic E-state index is -2.56. The summed E-state index contributed by atoms with van der Waals surface area (Å²) in [6.07, 6.45) is 0. The molecule has 8 aromatic carbocycles. The minimum Gasteiger partial charge on any atom is -0.311 e. The van der Waals surface area contributed by atoms with E-state index in [0.717, 1.165) is 17.1 Å². The molecule has 0 saturated heterocycles. The lowest BCUT2D eigenvalue weighted by molar-refractivity contribution is 1.27. The molecule has 0 radical (unpaired) electrons. The molecule has 51 heavy (non-hydrogen) atoms. The van der Waals surface area contributed by atoms with E-state index < -0.39 is 8.07 Å². The van der Waals surface area contributed by atoms with Crippen LogP contribution >= 0.6 is 0 Å². The highest BCUT2D eigenvalue weighted by atomic mass is 28.3. The van der Waals surface area contributed by atoms with Gasteiger partial charge in [0.1, 0.15) is 0 Å². The molecule has 1 nitrogen and oxygen atoms in total. The zero-order valence-electron chi connectivity index (χ0n) is 28.7. The van der Waals surface area contributed by atoms with E-state index in [4.69, 9.17) is 0 Å². The van der Waals surface area contributed by atoms with Crippen molar-refractivity contribution in [1.82, 2.24) is 0 Å². The van der Waals surface area contributed by atoms with Crippen LogP contribution in [0, 0.1) is 6.92 Å². The molecule has 0 atom stereocenters. The predicted molar refractivity (Wildman–Crippen MR) is 220 cm³/mol. The molecule has 0 N–H and O–H groups in total. The molecule has 0 spiro atoms. The molecule has 0 heterocycles. The first-order valence-corrected chi connectivity index (χ1v) is 19.6. The number of anilines is 3. The standard InChI is InChI=1S/C49H39NSi/c1-38-22-30-43(31-23-38)50(44-32-24-40(25-33-44)39-14-6-2-7-15-39)45-34-26-41(27-35-45)42-28-36-49(37-29-42)51(46-16-8-3-9-17-46,47-18-10-4-11-19-47)48-20-12-5-13-21-48/h2-37H,1H3. The fourth-order valence-corrected chi connectivity index (χ4v) is 12.1. The Morgan fingerprint density at radius 3 is 0.922 bits per heavy atom. The Labute approximate surface area is 302 Å². The first kappa shape index (κ1) is 32.0. The molecular formula is C49H39NSi. The summed E-state index contributed by atoms with van der Waals surface area (Å²) < 4.78 is 0. The second kappa shape index (κ2) is 14.3. The molecule has 244 valence electrons. The Hall–Kier alpha value is -6.22. The van der Waals surface area contributed by atoms with Gasteiger partial charge in [-0.2, -0.15) is 0 Å². The van der Waals surface area contributed by atoms with Crippen LogP contribution in [0.3, 0.4) is 0 Å². The molecule has 8 rings (SSSR count). The second-order valence-corrected chi connectivity index (χ2v) is 16.9. The lowest BCUT2D eigenvalue weighted by Gasteiger charge is -2.34. The summed E-state index contributed by atoms with van der Waals surface area (Å²) in [5.41, 5.74) is 9.45. The summed E-state index contributed by atoms with van der Waals surface area (Å²) in [7, 11) is -2.56. The van der Waals surface area contributed by atoms with Crippen molar-refractivity contribution in [2.45, 2.75) is 6.92 Å². The molecule has 0 fully saturated rings. The third-order valence-corrected chi connectivity index (χ3v) is 14.7. The number of hydrogen-bond donors (Lipinski definition) is 0. The van der Waals surface area contributed by atoms with Crippen molar-refractivity contribution in [3.8, 4) is 22.3 Å². The van der Waals surface area contributed by atoms with Gasteiger partial charge in [0.05, 0.1) is 0 Å². The fourth-order valence-electron chi connectivity index (χ4n) is 7.35. The monoisotopic (exact) mass is 669 g/mol. The maximum absolute atomic E-state index is 2.56. The summed E-state index contributed by atoms with van der Waals surface area (Å²) in [6, 6.07) is 79.8. The zero-order valence-corrected chi connectivity index (χ0v) is 29.7. The van der Waals surface area contributed by atoms with Crippen LogP contribution in [0.2, 0.25) is 0 Å². The highest BCUT2D eigenvalue weighted by Gasteiger charge is 2.41. The molecule has 0 aliphatic carbocycles. The predicted octanol–water partition coefficient (Wildman–Crippen LogP) is 10.2. The van der Waals surface area contributed by atoms with Gasteiger partial charge in [0.2, 0.25) is 0 Å². The highest BCUT2D eigenvalue weighted by molar-refractivity contribution is 7.19. The molecule has 0 aromatic heterocycles. The summed E-state index contributed by atoms with van der Waals surface area (Å²) >= 11 is 0. The lowest BCUT2D eigenvalue weighted by Crippen LogP contribution is -2.74. The maximum Gasteiger partial charge on any atom is 0.179 e. The smallest absolute Gasteiger partial charge is 0.179 e. The number of rotatable bonds is 9. The van der Waals surface area contributed by atoms with Crippen molar-refractivity contribution in [2.75, 3.05) is 4.90 Å². The molecule has 8 aromatic rings. The summed E-state index contributed by atoms with van der Waals surface area (Å²) in [6.45, 7) is 2.13. The van der Waals surface area contributed by atoms with E-state index >= 15 is 0 Å². The van der Waals surface area contributed by atoms with Crippen molar-refractivity contribution in [2.24, 2.45) is 0 Å². The molecule has 0 amide bonds. The number of nitrogens with zero attached hydrogens (tertiary/aromatic N) is 1. The van der Waals surface area contributed by atoms with Crippen molar-refractivity contribution in [3.05, 3.63) is 224 Å². The summed E-state index contributed by atoms with van der Waals surface area (Å²) in [4.78, 5) is 2.33. The highest BCUT2D eigenvalue weighted by Crippen LogP contribution is 2.36. The molecule has 0 bridgehead atoms. The average molecular weight is 670 g/mol. The van der Waals surface area contributed by atoms with Crippen molar-refractivity contribution in [1.29, 1.82) is 0 Å². The van der Waals surface area contributed by atoms with Crippen LogP contribution in [0.5, 0.6) is 0 Å². The first-order valence-electron chi connectivity index (χ1n) is 17.6. The van der Waals surface area contributed by atoms with E-state index in [1.807, 2.05) is 0 Å². The number of benzene rings is 8. The van der Waals surface area contributed by atoms with Crippen LogP contribution in [-0.4, -0.2) is 8.07 Å². The summed E-state index contributed by atoms with van der Waals surface area (Å²) in [5.74, 6) is 0. The Kier molecular flexibility index (Phi) is 8.99. The Morgan fingerprint density at radius 2 is 0.549 bits per heavy atom. The van der Waals surface area contributed by atoms with E-state index in [1.54, 1.807) is 0 Å². The second-order valence-electron chi connectivity index (χ2n) is 13.1. The molecule has 0 unspecified atom stereocenters. The van der Waals surface area contributed by atoms with Gasteiger partial charge in [-0.05, 0) is 86.3 Å². The van der Waals surface area contributed by atoms with Crippen LogP contribution in [0.4, 0.5) is 17.1 Å². The van der Waals surface area contributed by atoms with E-state index in [9.17, 15) is 0 Å². The third kappa shape index (κ3) is 6.34. The zero-order chi connectivity index (χ0) is 34.5. The van der Waals surface area contributed by atoms with Crippen molar-refractivity contribution in [3.63, 3.8) is 0 Å². The van der Waals surface area contributed by atoms with Crippen LogP contribution in [-0.2, 0) is 0 Å². The van der Waals surface area contributed by atoms with Gasteiger partial charge in [-0.1, -0.05) is 188 Å². The largest absolute Gasteiger partial charge is 0.311 e. The normalized spacial score (nSPS) is 11.2. The molecule has 0 saturated carbocycles. The van der Waals surface area contributed by atoms with E-state index in [1.165, 1.54) is 48.6 Å². The Balaban J connectivity index is 1.16. The molecule has 0 aliphatic heterocycles. The van der Waals surface area contributed by atoms with Gasteiger partial charge in [-0.3, -0.25) is 0 Å². The van der Waals surface area contributed by atoms with Gasteiger partial charge in [0.15, 0.2) is 8.07 Å². The van der Waals surface area contributed by atoms with Crippen LogP contribution < -0.4 is 25.6 Å². The molecule has 0 aliphatic rings. The van der Waals surface area contributed by atoms with Gasteiger partial charge < -0.3 is 4.90 Å². The van der Waals surface area contributed by atoms with Crippen molar-refractivity contribution >= 4 is 45.9 Å². The van der Waals surface area contributed by atoms with Crippen molar-refractivity contribution < 1.29 is 0 Å². The first-order chi connectivity index (χ1) is 25.2. The van der Waals surface area contributed by atoms with Gasteiger partial charge in [-0.15, -0.1) is 0 Å². The van der Waals surface area contributed by atoms with Gasteiger partial charge >= 0.3 is 0 Å². The number of aryl methyl sites for hydroxylation is 1. The van der Waals surface area contributed by atoms with E-state index in [0.29, 0.717) is 0 Å². The van der Waals surface area contributed by atoms with Crippen LogP contribution in [0.15, 0.2) is 218 Å². The minimum absolute atomic E-state index is 1.12. The Morgan fingerprint density at radius 1 is 0.275 bits per heavy atom. The third-order valence-electron chi connectivity index (χ3n) is 9.92. The van der Waals surface area contributed by atoms with Gasteiger partial charge in [-0.25, -0.2) is 0 Å². The van der Waals surface area contributed by atoms with Gasteiger partial charge in [0.25, 0.3) is 0 Å². The lowest BCUT2D eigenvalue weighted by atomic mass is 10.0. The molecular weight excluding hydrogens is 631 g/mol. The quantitative estimate of drug-likeness (QED) is 0.109. The maximum atomic E-state index is 2.37. The van der Waals surface area contributed by atoms with E-state index in [-0.39, 0.29) is 0 Å². The number of hydrogen-bond acceptors (Lipinski definition) is 1. The Bertz CT molecular complexity index is 2200. The molecule has 2 heteroatoms. The fraction of sp³-hybridized carbons (Fsp3) is 0.0204. The summed E-state index contributed by atoms with van der Waals surface area (Å²) in [5, 5.41) is 5.52. The van der Waals surface area contributed by atoms with Crippen LogP contribution in [0.1, 0.15) is 5.56 Å². The SMILES string of the molecule is Cc1ccc(N(c2ccc(-c3ccccc3)cc2)c2ccc(-c3ccc([Si](c4ccccc4)(c4ccccc4)c4ccccc4)cc3)cc2)cc1. The van der Waals surface area contributed by atoms with Gasteiger partial charge in [0, 0.05) is 17.1 Å². The van der Waals surface area contributed by atoms with Crippen LogP contribution in [0.25, 0.3) is 22.3 Å². The topological polar surface area (TPSA) is 3.24 Å². The van der Waals surface area contributed by atoms with E-state index in [2.05, 4.69) is 230 Å². The average Bonchev–Trinajstić information content (AvgIpc) is 3.21.